The van der Waals surface area contributed by atoms with E-state index < -0.39 is 11.8 Å². The lowest BCUT2D eigenvalue weighted by Gasteiger charge is -2.09. The van der Waals surface area contributed by atoms with E-state index in [4.69, 9.17) is 11.6 Å². The van der Waals surface area contributed by atoms with Gasteiger partial charge in [0.05, 0.1) is 19.0 Å². The van der Waals surface area contributed by atoms with Crippen molar-refractivity contribution in [3.8, 4) is 0 Å². The van der Waals surface area contributed by atoms with Gasteiger partial charge in [-0.1, -0.05) is 17.7 Å². The lowest BCUT2D eigenvalue weighted by Crippen LogP contribution is -2.06. The molecule has 1 aromatic carbocycles. The van der Waals surface area contributed by atoms with Gasteiger partial charge in [-0.25, -0.2) is 9.37 Å². The Morgan fingerprint density at radius 3 is 2.89 bits per heavy atom. The molecule has 0 bridgehead atoms. The van der Waals surface area contributed by atoms with Gasteiger partial charge >= 0.3 is 5.97 Å². The molecule has 2 aromatic rings. The Morgan fingerprint density at radius 1 is 1.50 bits per heavy atom. The molecule has 0 saturated carbocycles. The fraction of sp³-hybridized carbons (Fsp3) is 0.231. The first-order valence-corrected chi connectivity index (χ1v) is 5.71. The van der Waals surface area contributed by atoms with E-state index in [1.807, 2.05) is 6.92 Å². The van der Waals surface area contributed by atoms with Crippen LogP contribution in [0.4, 0.5) is 4.39 Å². The van der Waals surface area contributed by atoms with Crippen LogP contribution in [0.3, 0.4) is 0 Å². The first kappa shape index (κ1) is 12.8. The lowest BCUT2D eigenvalue weighted by atomic mass is 10.0. The van der Waals surface area contributed by atoms with Gasteiger partial charge in [0.25, 0.3) is 0 Å². The average molecular weight is 268 g/mol. The number of carbonyl (C=O) groups is 1. The smallest absolute Gasteiger partial charge is 0.310 e. The molecule has 0 aliphatic heterocycles. The van der Waals surface area contributed by atoms with Crippen molar-refractivity contribution in [2.75, 3.05) is 7.11 Å². The van der Waals surface area contributed by atoms with Crippen molar-refractivity contribution in [3.05, 3.63) is 40.3 Å². The third-order valence-corrected chi connectivity index (χ3v) is 2.92. The van der Waals surface area contributed by atoms with Crippen molar-refractivity contribution in [3.63, 3.8) is 0 Å². The van der Waals surface area contributed by atoms with Crippen molar-refractivity contribution in [1.29, 1.82) is 0 Å². The van der Waals surface area contributed by atoms with Gasteiger partial charge < -0.3 is 4.74 Å². The Bertz CT molecular complexity index is 628. The van der Waals surface area contributed by atoms with Crippen molar-refractivity contribution in [2.45, 2.75) is 13.3 Å². The van der Waals surface area contributed by atoms with Crippen LogP contribution < -0.4 is 0 Å². The van der Waals surface area contributed by atoms with Gasteiger partial charge in [0.15, 0.2) is 0 Å². The summed E-state index contributed by atoms with van der Waals surface area (Å²) < 4.78 is 18.5. The molecule has 0 atom stereocenters. The predicted molar refractivity (Wildman–Crippen MR) is 67.2 cm³/mol. The summed E-state index contributed by atoms with van der Waals surface area (Å²) in [7, 11) is 1.29. The summed E-state index contributed by atoms with van der Waals surface area (Å²) in [6, 6.07) is 4.47. The van der Waals surface area contributed by atoms with Crippen LogP contribution in [0.25, 0.3) is 10.9 Å². The Morgan fingerprint density at radius 2 is 2.22 bits per heavy atom. The Hall–Kier alpha value is -1.68. The molecule has 94 valence electrons. The summed E-state index contributed by atoms with van der Waals surface area (Å²) in [4.78, 5) is 15.4. The highest BCUT2D eigenvalue weighted by Crippen LogP contribution is 2.26. The van der Waals surface area contributed by atoms with E-state index in [9.17, 15) is 9.18 Å². The number of nitrogens with zero attached hydrogens (tertiary/aromatic N) is 1. The number of aryl methyl sites for hydroxylation is 1. The average Bonchev–Trinajstić information content (AvgIpc) is 2.33. The number of benzene rings is 1. The molecule has 0 saturated heterocycles. The molecule has 1 heterocycles. The van der Waals surface area contributed by atoms with Crippen LogP contribution in [0, 0.1) is 12.7 Å². The minimum absolute atomic E-state index is 0.0321. The van der Waals surface area contributed by atoms with Crippen LogP contribution in [-0.4, -0.2) is 18.1 Å². The monoisotopic (exact) mass is 267 g/mol. The van der Waals surface area contributed by atoms with Gasteiger partial charge in [0.1, 0.15) is 11.0 Å². The van der Waals surface area contributed by atoms with E-state index in [1.165, 1.54) is 19.2 Å². The quantitative estimate of drug-likeness (QED) is 0.620. The summed E-state index contributed by atoms with van der Waals surface area (Å²) in [6.07, 6.45) is -0.0321. The fourth-order valence-electron chi connectivity index (χ4n) is 1.84. The van der Waals surface area contributed by atoms with E-state index in [0.29, 0.717) is 16.5 Å². The number of hydrogen-bond acceptors (Lipinski definition) is 3. The molecule has 0 unspecified atom stereocenters. The van der Waals surface area contributed by atoms with Crippen molar-refractivity contribution in [2.24, 2.45) is 0 Å². The molecule has 2 rings (SSSR count). The van der Waals surface area contributed by atoms with Crippen LogP contribution in [0.2, 0.25) is 5.15 Å². The molecule has 3 nitrogen and oxygen atoms in total. The highest BCUT2D eigenvalue weighted by Gasteiger charge is 2.14. The van der Waals surface area contributed by atoms with Crippen molar-refractivity contribution >= 4 is 28.5 Å². The molecule has 0 aliphatic carbocycles. The summed E-state index contributed by atoms with van der Waals surface area (Å²) >= 11 is 5.89. The fourth-order valence-corrected chi connectivity index (χ4v) is 2.06. The molecular formula is C13H11ClFNO2. The van der Waals surface area contributed by atoms with Crippen molar-refractivity contribution < 1.29 is 13.9 Å². The van der Waals surface area contributed by atoms with E-state index in [-0.39, 0.29) is 11.6 Å². The SMILES string of the molecule is COC(=O)Cc1cc(Cl)nc2c(C)ccc(F)c12. The Labute approximate surface area is 109 Å². The molecule has 0 N–H and O–H groups in total. The van der Waals surface area contributed by atoms with E-state index in [1.54, 1.807) is 6.07 Å². The maximum absolute atomic E-state index is 13.9. The number of rotatable bonds is 2. The largest absolute Gasteiger partial charge is 0.469 e. The minimum atomic E-state index is -0.445. The Kier molecular flexibility index (Phi) is 3.48. The number of pyridine rings is 1. The van der Waals surface area contributed by atoms with Gasteiger partial charge in [-0.2, -0.15) is 0 Å². The third kappa shape index (κ3) is 2.29. The van der Waals surface area contributed by atoms with Crippen LogP contribution in [0.1, 0.15) is 11.1 Å². The van der Waals surface area contributed by atoms with E-state index >= 15 is 0 Å². The molecule has 0 radical (unpaired) electrons. The summed E-state index contributed by atoms with van der Waals surface area (Å²) in [5.41, 5.74) is 1.76. The second-order valence-electron chi connectivity index (χ2n) is 3.94. The van der Waals surface area contributed by atoms with Crippen LogP contribution in [0.5, 0.6) is 0 Å². The second kappa shape index (κ2) is 4.90. The standard InChI is InChI=1S/C13H11ClFNO2/c1-7-3-4-9(15)12-8(6-11(17)18-2)5-10(14)16-13(7)12/h3-5H,6H2,1-2H3. The van der Waals surface area contributed by atoms with Gasteiger partial charge in [0, 0.05) is 5.39 Å². The number of aromatic nitrogens is 1. The molecule has 0 spiro atoms. The molecule has 5 heteroatoms. The molecule has 0 aliphatic rings. The number of hydrogen-bond donors (Lipinski definition) is 0. The first-order valence-electron chi connectivity index (χ1n) is 5.34. The van der Waals surface area contributed by atoms with E-state index in [0.717, 1.165) is 5.56 Å². The van der Waals surface area contributed by atoms with Crippen LogP contribution in [0.15, 0.2) is 18.2 Å². The molecule has 1 aromatic heterocycles. The summed E-state index contributed by atoms with van der Waals surface area (Å²) in [5.74, 6) is -0.863. The summed E-state index contributed by atoms with van der Waals surface area (Å²) in [5, 5.41) is 0.555. The number of fused-ring (bicyclic) bond motifs is 1. The Balaban J connectivity index is 2.71. The minimum Gasteiger partial charge on any atom is -0.469 e. The van der Waals surface area contributed by atoms with Gasteiger partial charge in [-0.3, -0.25) is 4.79 Å². The number of methoxy groups -OCH3 is 1. The number of halogens is 2. The zero-order chi connectivity index (χ0) is 13.3. The highest BCUT2D eigenvalue weighted by atomic mass is 35.5. The van der Waals surface area contributed by atoms with Crippen LogP contribution >= 0.6 is 11.6 Å². The van der Waals surface area contributed by atoms with Crippen LogP contribution in [-0.2, 0) is 16.0 Å². The zero-order valence-electron chi connectivity index (χ0n) is 9.96. The number of ether oxygens (including phenoxy) is 1. The van der Waals surface area contributed by atoms with Gasteiger partial charge in [0.2, 0.25) is 0 Å². The molecule has 0 fully saturated rings. The molecular weight excluding hydrogens is 257 g/mol. The lowest BCUT2D eigenvalue weighted by molar-refractivity contribution is -0.139. The number of carbonyl (C=O) groups excluding carboxylic acids is 1. The predicted octanol–water partition coefficient (Wildman–Crippen LogP) is 3.05. The summed E-state index contributed by atoms with van der Waals surface area (Å²) in [6.45, 7) is 1.81. The molecule has 0 amide bonds. The van der Waals surface area contributed by atoms with Gasteiger partial charge in [-0.15, -0.1) is 0 Å². The first-order chi connectivity index (χ1) is 8.52. The van der Waals surface area contributed by atoms with E-state index in [2.05, 4.69) is 9.72 Å². The maximum atomic E-state index is 13.9. The second-order valence-corrected chi connectivity index (χ2v) is 4.33. The maximum Gasteiger partial charge on any atom is 0.310 e. The van der Waals surface area contributed by atoms with Crippen molar-refractivity contribution in [1.82, 2.24) is 4.98 Å². The molecule has 18 heavy (non-hydrogen) atoms. The highest BCUT2D eigenvalue weighted by molar-refractivity contribution is 6.30. The number of esters is 1. The zero-order valence-corrected chi connectivity index (χ0v) is 10.7. The third-order valence-electron chi connectivity index (χ3n) is 2.72. The topological polar surface area (TPSA) is 39.2 Å². The van der Waals surface area contributed by atoms with Gasteiger partial charge in [-0.05, 0) is 30.2 Å². The normalized spacial score (nSPS) is 10.7.